The molecule has 3 unspecified atom stereocenters. The Morgan fingerprint density at radius 1 is 1.39 bits per heavy atom. The Hall–Kier alpha value is -0.890. The van der Waals surface area contributed by atoms with Crippen molar-refractivity contribution in [3.63, 3.8) is 0 Å². The molecule has 0 aliphatic heterocycles. The van der Waals surface area contributed by atoms with Crippen molar-refractivity contribution in [2.45, 2.75) is 52.5 Å². The van der Waals surface area contributed by atoms with Crippen LogP contribution < -0.4 is 5.32 Å². The lowest BCUT2D eigenvalue weighted by atomic mass is 9.77. The fourth-order valence-corrected chi connectivity index (χ4v) is 3.31. The molecule has 1 aliphatic rings. The standard InChI is InChI=1S/C16H26N2/c1-4-18-16(14-7-5-6-12(2)8-14)15-9-13(3)10-17-11-15/h9-12,14,16,18H,4-8H2,1-3H3. The third-order valence-corrected chi connectivity index (χ3v) is 4.13. The molecular formula is C16H26N2. The summed E-state index contributed by atoms with van der Waals surface area (Å²) in [5.41, 5.74) is 2.63. The molecule has 2 nitrogen and oxygen atoms in total. The quantitative estimate of drug-likeness (QED) is 0.872. The molecule has 0 bridgehead atoms. The van der Waals surface area contributed by atoms with E-state index < -0.39 is 0 Å². The van der Waals surface area contributed by atoms with Gasteiger partial charge in [0.15, 0.2) is 0 Å². The van der Waals surface area contributed by atoms with Gasteiger partial charge in [0.25, 0.3) is 0 Å². The molecule has 1 aromatic heterocycles. The zero-order valence-corrected chi connectivity index (χ0v) is 11.9. The summed E-state index contributed by atoms with van der Waals surface area (Å²) < 4.78 is 0. The van der Waals surface area contributed by atoms with Gasteiger partial charge in [0.2, 0.25) is 0 Å². The van der Waals surface area contributed by atoms with Gasteiger partial charge in [-0.1, -0.05) is 32.8 Å². The number of pyridine rings is 1. The molecule has 100 valence electrons. The molecule has 1 saturated carbocycles. The van der Waals surface area contributed by atoms with Crippen LogP contribution in [0.25, 0.3) is 0 Å². The van der Waals surface area contributed by atoms with E-state index in [9.17, 15) is 0 Å². The number of hydrogen-bond acceptors (Lipinski definition) is 2. The predicted molar refractivity (Wildman–Crippen MR) is 76.5 cm³/mol. The molecule has 1 N–H and O–H groups in total. The maximum Gasteiger partial charge on any atom is 0.0364 e. The molecule has 0 spiro atoms. The first kappa shape index (κ1) is 13.5. The summed E-state index contributed by atoms with van der Waals surface area (Å²) in [4.78, 5) is 4.36. The molecule has 1 aliphatic carbocycles. The van der Waals surface area contributed by atoms with Crippen LogP contribution in [0.1, 0.15) is 56.7 Å². The van der Waals surface area contributed by atoms with E-state index in [2.05, 4.69) is 37.1 Å². The second-order valence-electron chi connectivity index (χ2n) is 5.86. The summed E-state index contributed by atoms with van der Waals surface area (Å²) in [7, 11) is 0. The average Bonchev–Trinajstić information content (AvgIpc) is 2.36. The van der Waals surface area contributed by atoms with Crippen LogP contribution in [0.15, 0.2) is 18.5 Å². The first-order valence-electron chi connectivity index (χ1n) is 7.35. The van der Waals surface area contributed by atoms with E-state index in [4.69, 9.17) is 0 Å². The van der Waals surface area contributed by atoms with E-state index in [1.54, 1.807) is 0 Å². The largest absolute Gasteiger partial charge is 0.310 e. The van der Waals surface area contributed by atoms with Crippen molar-refractivity contribution in [3.8, 4) is 0 Å². The number of aromatic nitrogens is 1. The average molecular weight is 246 g/mol. The van der Waals surface area contributed by atoms with Gasteiger partial charge < -0.3 is 5.32 Å². The van der Waals surface area contributed by atoms with E-state index in [1.165, 1.54) is 36.8 Å². The van der Waals surface area contributed by atoms with Gasteiger partial charge in [-0.15, -0.1) is 0 Å². The fraction of sp³-hybridized carbons (Fsp3) is 0.688. The van der Waals surface area contributed by atoms with Crippen LogP contribution >= 0.6 is 0 Å². The molecule has 2 rings (SSSR count). The third kappa shape index (κ3) is 3.32. The highest BCUT2D eigenvalue weighted by atomic mass is 14.9. The van der Waals surface area contributed by atoms with Crippen molar-refractivity contribution in [2.75, 3.05) is 6.54 Å². The van der Waals surface area contributed by atoms with Crippen molar-refractivity contribution in [3.05, 3.63) is 29.6 Å². The maximum atomic E-state index is 4.36. The van der Waals surface area contributed by atoms with E-state index in [1.807, 2.05) is 12.4 Å². The molecule has 2 heteroatoms. The van der Waals surface area contributed by atoms with Crippen molar-refractivity contribution < 1.29 is 0 Å². The smallest absolute Gasteiger partial charge is 0.0364 e. The Balaban J connectivity index is 2.16. The van der Waals surface area contributed by atoms with Gasteiger partial charge in [0.1, 0.15) is 0 Å². The number of nitrogens with one attached hydrogen (secondary N) is 1. The van der Waals surface area contributed by atoms with Gasteiger partial charge in [-0.2, -0.15) is 0 Å². The first-order chi connectivity index (χ1) is 8.70. The summed E-state index contributed by atoms with van der Waals surface area (Å²) in [6, 6.07) is 2.78. The monoisotopic (exact) mass is 246 g/mol. The highest BCUT2D eigenvalue weighted by Gasteiger charge is 2.27. The molecule has 1 fully saturated rings. The van der Waals surface area contributed by atoms with Crippen LogP contribution in [0.5, 0.6) is 0 Å². The molecule has 0 radical (unpaired) electrons. The Morgan fingerprint density at radius 2 is 2.22 bits per heavy atom. The number of aryl methyl sites for hydroxylation is 1. The van der Waals surface area contributed by atoms with Crippen molar-refractivity contribution in [1.29, 1.82) is 0 Å². The highest BCUT2D eigenvalue weighted by molar-refractivity contribution is 5.21. The summed E-state index contributed by atoms with van der Waals surface area (Å²) in [6.07, 6.45) is 9.48. The Bertz CT molecular complexity index is 375. The molecule has 0 amide bonds. The molecule has 18 heavy (non-hydrogen) atoms. The molecule has 1 aromatic rings. The predicted octanol–water partition coefficient (Wildman–Crippen LogP) is 3.87. The molecule has 3 atom stereocenters. The number of hydrogen-bond donors (Lipinski definition) is 1. The highest BCUT2D eigenvalue weighted by Crippen LogP contribution is 2.37. The maximum absolute atomic E-state index is 4.36. The molecular weight excluding hydrogens is 220 g/mol. The second-order valence-corrected chi connectivity index (χ2v) is 5.86. The zero-order chi connectivity index (χ0) is 13.0. The molecule has 0 aromatic carbocycles. The van der Waals surface area contributed by atoms with Crippen LogP contribution in [-0.2, 0) is 0 Å². The van der Waals surface area contributed by atoms with Gasteiger partial charge in [0.05, 0.1) is 0 Å². The molecule has 1 heterocycles. The first-order valence-corrected chi connectivity index (χ1v) is 7.35. The number of nitrogens with zero attached hydrogens (tertiary/aromatic N) is 1. The Kier molecular flexibility index (Phi) is 4.76. The van der Waals surface area contributed by atoms with Crippen molar-refractivity contribution >= 4 is 0 Å². The normalized spacial score (nSPS) is 25.9. The number of rotatable bonds is 4. The topological polar surface area (TPSA) is 24.9 Å². The Morgan fingerprint density at radius 3 is 2.89 bits per heavy atom. The van der Waals surface area contributed by atoms with E-state index in [0.717, 1.165) is 18.4 Å². The van der Waals surface area contributed by atoms with Crippen LogP contribution in [0.4, 0.5) is 0 Å². The zero-order valence-electron chi connectivity index (χ0n) is 11.9. The van der Waals surface area contributed by atoms with Gasteiger partial charge in [-0.05, 0) is 49.3 Å². The van der Waals surface area contributed by atoms with Crippen molar-refractivity contribution in [2.24, 2.45) is 11.8 Å². The van der Waals surface area contributed by atoms with Gasteiger partial charge in [-0.25, -0.2) is 0 Å². The summed E-state index contributed by atoms with van der Waals surface area (Å²) in [6.45, 7) is 7.75. The minimum absolute atomic E-state index is 0.491. The lowest BCUT2D eigenvalue weighted by Gasteiger charge is -2.34. The lowest BCUT2D eigenvalue weighted by molar-refractivity contribution is 0.225. The summed E-state index contributed by atoms with van der Waals surface area (Å²) in [5.74, 6) is 1.65. The van der Waals surface area contributed by atoms with Gasteiger partial charge in [0, 0.05) is 18.4 Å². The summed E-state index contributed by atoms with van der Waals surface area (Å²) in [5, 5.41) is 3.68. The van der Waals surface area contributed by atoms with E-state index in [-0.39, 0.29) is 0 Å². The van der Waals surface area contributed by atoms with Gasteiger partial charge >= 0.3 is 0 Å². The molecule has 0 saturated heterocycles. The van der Waals surface area contributed by atoms with Crippen molar-refractivity contribution in [1.82, 2.24) is 10.3 Å². The van der Waals surface area contributed by atoms with Crippen LogP contribution in [0, 0.1) is 18.8 Å². The van der Waals surface area contributed by atoms with Crippen LogP contribution in [-0.4, -0.2) is 11.5 Å². The van der Waals surface area contributed by atoms with Gasteiger partial charge in [-0.3, -0.25) is 4.98 Å². The third-order valence-electron chi connectivity index (χ3n) is 4.13. The minimum atomic E-state index is 0.491. The second kappa shape index (κ2) is 6.33. The summed E-state index contributed by atoms with van der Waals surface area (Å²) >= 11 is 0. The lowest BCUT2D eigenvalue weighted by Crippen LogP contribution is -2.31. The SMILES string of the molecule is CCNC(c1cncc(C)c1)C1CCCC(C)C1. The van der Waals surface area contributed by atoms with Crippen LogP contribution in [0.3, 0.4) is 0 Å². The van der Waals surface area contributed by atoms with E-state index >= 15 is 0 Å². The fourth-order valence-electron chi connectivity index (χ4n) is 3.31. The minimum Gasteiger partial charge on any atom is -0.310 e. The van der Waals surface area contributed by atoms with E-state index in [0.29, 0.717) is 6.04 Å². The Labute approximate surface area is 111 Å². The van der Waals surface area contributed by atoms with Crippen LogP contribution in [0.2, 0.25) is 0 Å².